The maximum absolute atomic E-state index is 12.5. The molecule has 162 valence electrons. The van der Waals surface area contributed by atoms with Crippen LogP contribution in [0.2, 0.25) is 0 Å². The molecule has 1 atom stereocenters. The van der Waals surface area contributed by atoms with Gasteiger partial charge in [0.15, 0.2) is 18.0 Å². The summed E-state index contributed by atoms with van der Waals surface area (Å²) in [6.07, 6.45) is 0.728. The van der Waals surface area contributed by atoms with Crippen LogP contribution in [0, 0.1) is 6.92 Å². The standard InChI is InChI=1S/C26H30N2O3/c1-19-9-12-22(13-10-19)26(21-7-5-4-6-8-21)28-18-25(29)27-16-15-20-11-14-23(30-2)24(17-20)31-3/h4-14,17,26,28H,15-16,18H2,1-3H3,(H,27,29)/p+1/t26-/m0/s1. The van der Waals surface area contributed by atoms with Crippen molar-refractivity contribution in [3.8, 4) is 11.5 Å². The smallest absolute Gasteiger partial charge is 0.275 e. The third-order valence-corrected chi connectivity index (χ3v) is 5.32. The van der Waals surface area contributed by atoms with E-state index in [0.29, 0.717) is 24.6 Å². The summed E-state index contributed by atoms with van der Waals surface area (Å²) >= 11 is 0. The van der Waals surface area contributed by atoms with Gasteiger partial charge in [-0.3, -0.25) is 4.79 Å². The van der Waals surface area contributed by atoms with E-state index >= 15 is 0 Å². The fraction of sp³-hybridized carbons (Fsp3) is 0.269. The van der Waals surface area contributed by atoms with Gasteiger partial charge in [-0.2, -0.15) is 0 Å². The van der Waals surface area contributed by atoms with Gasteiger partial charge < -0.3 is 20.1 Å². The Labute approximate surface area is 184 Å². The molecule has 3 rings (SSSR count). The van der Waals surface area contributed by atoms with Crippen molar-refractivity contribution >= 4 is 5.91 Å². The van der Waals surface area contributed by atoms with Crippen LogP contribution in [-0.2, 0) is 11.2 Å². The molecule has 3 N–H and O–H groups in total. The summed E-state index contributed by atoms with van der Waals surface area (Å²) in [6, 6.07) is 24.7. The molecule has 0 aromatic heterocycles. The van der Waals surface area contributed by atoms with Gasteiger partial charge in [-0.15, -0.1) is 0 Å². The second-order valence-electron chi connectivity index (χ2n) is 7.53. The van der Waals surface area contributed by atoms with Crippen LogP contribution in [0.3, 0.4) is 0 Å². The predicted octanol–water partition coefficient (Wildman–Crippen LogP) is 3.02. The van der Waals surface area contributed by atoms with E-state index in [0.717, 1.165) is 12.0 Å². The number of carbonyl (C=O) groups is 1. The summed E-state index contributed by atoms with van der Waals surface area (Å²) in [4.78, 5) is 12.5. The van der Waals surface area contributed by atoms with E-state index in [1.165, 1.54) is 16.7 Å². The Bertz CT molecular complexity index is 972. The van der Waals surface area contributed by atoms with Crippen molar-refractivity contribution in [2.24, 2.45) is 0 Å². The first-order valence-corrected chi connectivity index (χ1v) is 10.5. The number of hydrogen-bond donors (Lipinski definition) is 2. The molecule has 0 saturated carbocycles. The van der Waals surface area contributed by atoms with E-state index in [9.17, 15) is 4.79 Å². The van der Waals surface area contributed by atoms with Crippen molar-refractivity contribution in [2.75, 3.05) is 27.3 Å². The highest BCUT2D eigenvalue weighted by Gasteiger charge is 2.18. The molecule has 0 bridgehead atoms. The molecule has 0 aliphatic heterocycles. The molecule has 1 amide bonds. The van der Waals surface area contributed by atoms with Gasteiger partial charge in [0.1, 0.15) is 6.04 Å². The van der Waals surface area contributed by atoms with Crippen molar-refractivity contribution in [1.82, 2.24) is 5.32 Å². The molecule has 0 unspecified atom stereocenters. The minimum Gasteiger partial charge on any atom is -0.493 e. The number of quaternary nitrogens is 1. The van der Waals surface area contributed by atoms with Gasteiger partial charge >= 0.3 is 0 Å². The normalized spacial score (nSPS) is 11.6. The zero-order valence-electron chi connectivity index (χ0n) is 18.4. The van der Waals surface area contributed by atoms with E-state index in [1.54, 1.807) is 14.2 Å². The van der Waals surface area contributed by atoms with E-state index in [-0.39, 0.29) is 11.9 Å². The summed E-state index contributed by atoms with van der Waals surface area (Å²) in [7, 11) is 3.24. The number of amides is 1. The minimum absolute atomic E-state index is 0.0218. The van der Waals surface area contributed by atoms with Crippen molar-refractivity contribution in [2.45, 2.75) is 19.4 Å². The number of methoxy groups -OCH3 is 2. The van der Waals surface area contributed by atoms with Crippen LogP contribution >= 0.6 is 0 Å². The second-order valence-corrected chi connectivity index (χ2v) is 7.53. The zero-order chi connectivity index (χ0) is 22.1. The van der Waals surface area contributed by atoms with Crippen LogP contribution in [-0.4, -0.2) is 33.2 Å². The van der Waals surface area contributed by atoms with Gasteiger partial charge in [-0.1, -0.05) is 66.2 Å². The Balaban J connectivity index is 1.56. The highest BCUT2D eigenvalue weighted by molar-refractivity contribution is 5.76. The number of aryl methyl sites for hydroxylation is 1. The first kappa shape index (κ1) is 22.4. The molecule has 5 nitrogen and oxygen atoms in total. The SMILES string of the molecule is COc1ccc(CCNC(=O)C[NH2+][C@@H](c2ccccc2)c2ccc(C)cc2)cc1OC. The number of hydrogen-bond acceptors (Lipinski definition) is 3. The van der Waals surface area contributed by atoms with Crippen LogP contribution in [0.25, 0.3) is 0 Å². The lowest BCUT2D eigenvalue weighted by Gasteiger charge is -2.17. The van der Waals surface area contributed by atoms with Crippen molar-refractivity contribution in [3.05, 3.63) is 95.1 Å². The molecule has 3 aromatic rings. The highest BCUT2D eigenvalue weighted by atomic mass is 16.5. The average molecular weight is 420 g/mol. The lowest BCUT2D eigenvalue weighted by molar-refractivity contribution is -0.676. The van der Waals surface area contributed by atoms with Gasteiger partial charge in [0.05, 0.1) is 14.2 Å². The summed E-state index contributed by atoms with van der Waals surface area (Å²) in [6.45, 7) is 3.01. The lowest BCUT2D eigenvalue weighted by Crippen LogP contribution is -2.87. The molecule has 0 aliphatic carbocycles. The van der Waals surface area contributed by atoms with E-state index in [4.69, 9.17) is 9.47 Å². The highest BCUT2D eigenvalue weighted by Crippen LogP contribution is 2.27. The van der Waals surface area contributed by atoms with Crippen LogP contribution in [0.4, 0.5) is 0 Å². The van der Waals surface area contributed by atoms with Crippen LogP contribution in [0.1, 0.15) is 28.3 Å². The van der Waals surface area contributed by atoms with Crippen LogP contribution < -0.4 is 20.1 Å². The maximum atomic E-state index is 12.5. The Morgan fingerprint density at radius 1 is 0.903 bits per heavy atom. The van der Waals surface area contributed by atoms with Crippen molar-refractivity contribution in [1.29, 1.82) is 0 Å². The van der Waals surface area contributed by atoms with Gasteiger partial charge in [-0.05, 0) is 31.0 Å². The summed E-state index contributed by atoms with van der Waals surface area (Å²) in [5, 5.41) is 5.11. The molecule has 0 aliphatic rings. The quantitative estimate of drug-likeness (QED) is 0.531. The second kappa shape index (κ2) is 11.2. The molecular weight excluding hydrogens is 388 g/mol. The minimum atomic E-state index is 0.0218. The summed E-state index contributed by atoms with van der Waals surface area (Å²) < 4.78 is 10.6. The predicted molar refractivity (Wildman–Crippen MR) is 123 cm³/mol. The van der Waals surface area contributed by atoms with Gasteiger partial charge in [0.25, 0.3) is 5.91 Å². The molecule has 3 aromatic carbocycles. The van der Waals surface area contributed by atoms with Crippen LogP contribution in [0.15, 0.2) is 72.8 Å². The first-order valence-electron chi connectivity index (χ1n) is 10.5. The van der Waals surface area contributed by atoms with E-state index in [1.807, 2.05) is 36.4 Å². The summed E-state index contributed by atoms with van der Waals surface area (Å²) in [5.41, 5.74) is 4.69. The Morgan fingerprint density at radius 2 is 1.58 bits per heavy atom. The Morgan fingerprint density at radius 3 is 2.26 bits per heavy atom. The monoisotopic (exact) mass is 419 g/mol. The average Bonchev–Trinajstić information content (AvgIpc) is 2.81. The van der Waals surface area contributed by atoms with E-state index < -0.39 is 0 Å². The van der Waals surface area contributed by atoms with Crippen LogP contribution in [0.5, 0.6) is 11.5 Å². The molecule has 0 saturated heterocycles. The molecule has 0 radical (unpaired) electrons. The molecule has 31 heavy (non-hydrogen) atoms. The Hall–Kier alpha value is -3.31. The first-order chi connectivity index (χ1) is 15.1. The lowest BCUT2D eigenvalue weighted by atomic mass is 9.98. The molecule has 5 heteroatoms. The maximum Gasteiger partial charge on any atom is 0.275 e. The number of nitrogens with one attached hydrogen (secondary N) is 1. The number of benzene rings is 3. The number of ether oxygens (including phenoxy) is 2. The third kappa shape index (κ3) is 6.33. The van der Waals surface area contributed by atoms with Crippen molar-refractivity contribution in [3.63, 3.8) is 0 Å². The topological polar surface area (TPSA) is 64.2 Å². The fourth-order valence-corrected chi connectivity index (χ4v) is 3.58. The third-order valence-electron chi connectivity index (χ3n) is 5.32. The van der Waals surface area contributed by atoms with Gasteiger partial charge in [-0.25, -0.2) is 0 Å². The van der Waals surface area contributed by atoms with Gasteiger partial charge in [0, 0.05) is 17.7 Å². The number of rotatable bonds is 10. The van der Waals surface area contributed by atoms with Crippen molar-refractivity contribution < 1.29 is 19.6 Å². The van der Waals surface area contributed by atoms with E-state index in [2.05, 4.69) is 54.0 Å². The molecular formula is C26H31N2O3+. The number of nitrogens with two attached hydrogens (primary N) is 1. The largest absolute Gasteiger partial charge is 0.493 e. The molecule has 0 heterocycles. The zero-order valence-corrected chi connectivity index (χ0v) is 18.4. The summed E-state index contributed by atoms with van der Waals surface area (Å²) in [5.74, 6) is 1.42. The molecule has 0 fully saturated rings. The fourth-order valence-electron chi connectivity index (χ4n) is 3.58. The Kier molecular flexibility index (Phi) is 8.07. The van der Waals surface area contributed by atoms with Gasteiger partial charge in [0.2, 0.25) is 0 Å². The molecule has 0 spiro atoms. The number of carbonyl (C=O) groups excluding carboxylic acids is 1.